The van der Waals surface area contributed by atoms with Gasteiger partial charge in [-0.2, -0.15) is 0 Å². The van der Waals surface area contributed by atoms with E-state index in [0.717, 1.165) is 23.1 Å². The molecule has 1 aliphatic rings. The molecule has 0 fully saturated rings. The zero-order valence-electron chi connectivity index (χ0n) is 7.96. The minimum absolute atomic E-state index is 0.269. The van der Waals surface area contributed by atoms with Crippen LogP contribution in [0.4, 0.5) is 4.39 Å². The predicted octanol–water partition coefficient (Wildman–Crippen LogP) is 2.62. The van der Waals surface area contributed by atoms with Crippen molar-refractivity contribution in [3.8, 4) is 11.5 Å². The van der Waals surface area contributed by atoms with Gasteiger partial charge in [-0.25, -0.2) is 4.39 Å². The van der Waals surface area contributed by atoms with Gasteiger partial charge in [-0.1, -0.05) is 12.1 Å². The molecule has 0 aromatic heterocycles. The van der Waals surface area contributed by atoms with Crippen molar-refractivity contribution in [2.75, 3.05) is 6.61 Å². The molecule has 0 atom stereocenters. The second-order valence-corrected chi connectivity index (χ2v) is 3.63. The van der Waals surface area contributed by atoms with E-state index in [1.54, 1.807) is 6.07 Å². The van der Waals surface area contributed by atoms with Crippen LogP contribution in [-0.4, -0.2) is 11.7 Å². The lowest BCUT2D eigenvalue weighted by Gasteiger charge is -2.06. The number of fused-ring (bicyclic) bond motifs is 3. The molecule has 76 valence electrons. The van der Waals surface area contributed by atoms with Crippen LogP contribution in [0.15, 0.2) is 24.3 Å². The third-order valence-electron chi connectivity index (χ3n) is 2.78. The van der Waals surface area contributed by atoms with Gasteiger partial charge in [-0.15, -0.1) is 0 Å². The van der Waals surface area contributed by atoms with Crippen LogP contribution in [0.5, 0.6) is 11.5 Å². The Kier molecular flexibility index (Phi) is 1.63. The summed E-state index contributed by atoms with van der Waals surface area (Å²) < 4.78 is 18.6. The van der Waals surface area contributed by atoms with Gasteiger partial charge in [-0.3, -0.25) is 0 Å². The zero-order chi connectivity index (χ0) is 10.4. The van der Waals surface area contributed by atoms with Crippen molar-refractivity contribution in [2.24, 2.45) is 0 Å². The van der Waals surface area contributed by atoms with E-state index in [2.05, 4.69) is 0 Å². The molecule has 0 aliphatic carbocycles. The van der Waals surface area contributed by atoms with Gasteiger partial charge in [0.25, 0.3) is 0 Å². The second kappa shape index (κ2) is 2.86. The lowest BCUT2D eigenvalue weighted by molar-refractivity contribution is 0.357. The highest BCUT2D eigenvalue weighted by Gasteiger charge is 2.18. The van der Waals surface area contributed by atoms with Gasteiger partial charge in [0.2, 0.25) is 0 Å². The van der Waals surface area contributed by atoms with E-state index in [1.807, 2.05) is 12.1 Å². The molecule has 1 heterocycles. The highest BCUT2D eigenvalue weighted by Crippen LogP contribution is 2.38. The number of halogens is 1. The van der Waals surface area contributed by atoms with Crippen molar-refractivity contribution in [1.82, 2.24) is 0 Å². The maximum atomic E-state index is 13.2. The smallest absolute Gasteiger partial charge is 0.165 e. The molecule has 0 bridgehead atoms. The van der Waals surface area contributed by atoms with E-state index in [1.165, 1.54) is 6.07 Å². The fourth-order valence-electron chi connectivity index (χ4n) is 2.07. The largest absolute Gasteiger partial charge is 0.504 e. The summed E-state index contributed by atoms with van der Waals surface area (Å²) in [7, 11) is 0. The van der Waals surface area contributed by atoms with Gasteiger partial charge in [-0.05, 0) is 17.5 Å². The third kappa shape index (κ3) is 1.09. The highest BCUT2D eigenvalue weighted by atomic mass is 19.1. The van der Waals surface area contributed by atoms with Gasteiger partial charge in [0, 0.05) is 17.4 Å². The molecule has 2 aromatic carbocycles. The summed E-state index contributed by atoms with van der Waals surface area (Å²) in [5.41, 5.74) is 0.907. The van der Waals surface area contributed by atoms with Crippen molar-refractivity contribution in [2.45, 2.75) is 6.42 Å². The van der Waals surface area contributed by atoms with E-state index in [9.17, 15) is 9.50 Å². The molecule has 1 N–H and O–H groups in total. The molecule has 2 aromatic rings. The van der Waals surface area contributed by atoms with Crippen LogP contribution in [0.25, 0.3) is 10.8 Å². The lowest BCUT2D eigenvalue weighted by Crippen LogP contribution is -1.86. The van der Waals surface area contributed by atoms with Crippen LogP contribution >= 0.6 is 0 Å². The fourth-order valence-corrected chi connectivity index (χ4v) is 2.07. The summed E-state index contributed by atoms with van der Waals surface area (Å²) in [6.45, 7) is 0.602. The topological polar surface area (TPSA) is 29.5 Å². The number of hydrogen-bond donors (Lipinski definition) is 1. The molecule has 0 saturated heterocycles. The molecule has 2 nitrogen and oxygen atoms in total. The maximum Gasteiger partial charge on any atom is 0.165 e. The van der Waals surface area contributed by atoms with Gasteiger partial charge in [0.15, 0.2) is 11.6 Å². The average molecular weight is 204 g/mol. The predicted molar refractivity (Wildman–Crippen MR) is 54.8 cm³/mol. The van der Waals surface area contributed by atoms with E-state index < -0.39 is 5.82 Å². The Labute approximate surface area is 85.9 Å². The molecule has 0 saturated carbocycles. The van der Waals surface area contributed by atoms with Crippen LogP contribution in [0.3, 0.4) is 0 Å². The van der Waals surface area contributed by atoms with Gasteiger partial charge in [0.1, 0.15) is 5.75 Å². The number of phenolic OH excluding ortho intramolecular Hbond substituents is 1. The standard InChI is InChI=1S/C12H9FO2/c13-9-3-1-7-2-4-10-8(5-6-15-10)11(7)12(9)14/h1-4,14H,5-6H2. The van der Waals surface area contributed by atoms with Crippen LogP contribution < -0.4 is 4.74 Å². The van der Waals surface area contributed by atoms with Crippen LogP contribution in [0.2, 0.25) is 0 Å². The summed E-state index contributed by atoms with van der Waals surface area (Å²) in [5, 5.41) is 11.1. The molecule has 0 spiro atoms. The van der Waals surface area contributed by atoms with Gasteiger partial charge < -0.3 is 9.84 Å². The summed E-state index contributed by atoms with van der Waals surface area (Å²) in [6, 6.07) is 6.64. The molecule has 3 heteroatoms. The Morgan fingerprint density at radius 2 is 2.00 bits per heavy atom. The van der Waals surface area contributed by atoms with Crippen LogP contribution in [0, 0.1) is 5.82 Å². The van der Waals surface area contributed by atoms with Crippen molar-refractivity contribution >= 4 is 10.8 Å². The summed E-state index contributed by atoms with van der Waals surface area (Å²) in [5.74, 6) is -0.0962. The van der Waals surface area contributed by atoms with E-state index in [4.69, 9.17) is 4.74 Å². The molecular formula is C12H9FO2. The Hall–Kier alpha value is -1.77. The number of ether oxygens (including phenoxy) is 1. The molecule has 1 aliphatic heterocycles. The molecule has 0 radical (unpaired) electrons. The van der Waals surface area contributed by atoms with Crippen LogP contribution in [0.1, 0.15) is 5.56 Å². The number of benzene rings is 2. The molecule has 15 heavy (non-hydrogen) atoms. The van der Waals surface area contributed by atoms with Gasteiger partial charge in [0.05, 0.1) is 6.61 Å². The number of rotatable bonds is 0. The summed E-state index contributed by atoms with van der Waals surface area (Å²) in [6.07, 6.45) is 0.726. The Morgan fingerprint density at radius 1 is 1.20 bits per heavy atom. The normalized spacial score (nSPS) is 13.9. The van der Waals surface area contributed by atoms with Crippen molar-refractivity contribution < 1.29 is 14.2 Å². The highest BCUT2D eigenvalue weighted by molar-refractivity contribution is 5.93. The quantitative estimate of drug-likeness (QED) is 0.714. The van der Waals surface area contributed by atoms with E-state index >= 15 is 0 Å². The van der Waals surface area contributed by atoms with E-state index in [-0.39, 0.29) is 5.75 Å². The number of hydrogen-bond acceptors (Lipinski definition) is 2. The SMILES string of the molecule is Oc1c(F)ccc2ccc3c(c12)CCO3. The summed E-state index contributed by atoms with van der Waals surface area (Å²) >= 11 is 0. The van der Waals surface area contributed by atoms with Gasteiger partial charge >= 0.3 is 0 Å². The van der Waals surface area contributed by atoms with Crippen LogP contribution in [-0.2, 0) is 6.42 Å². The number of aromatic hydroxyl groups is 1. The third-order valence-corrected chi connectivity index (χ3v) is 2.78. The van der Waals surface area contributed by atoms with E-state index in [0.29, 0.717) is 12.0 Å². The fraction of sp³-hybridized carbons (Fsp3) is 0.167. The monoisotopic (exact) mass is 204 g/mol. The molecular weight excluding hydrogens is 195 g/mol. The maximum absolute atomic E-state index is 13.2. The first-order valence-corrected chi connectivity index (χ1v) is 4.83. The minimum Gasteiger partial charge on any atom is -0.504 e. The Bertz CT molecular complexity index is 549. The zero-order valence-corrected chi connectivity index (χ0v) is 7.96. The first-order chi connectivity index (χ1) is 7.27. The number of phenols is 1. The Balaban J connectivity index is 2.47. The Morgan fingerprint density at radius 3 is 2.87 bits per heavy atom. The van der Waals surface area contributed by atoms with Crippen molar-refractivity contribution in [3.05, 3.63) is 35.6 Å². The first-order valence-electron chi connectivity index (χ1n) is 4.83. The first kappa shape index (κ1) is 8.53. The minimum atomic E-state index is -0.581. The molecule has 0 unspecified atom stereocenters. The van der Waals surface area contributed by atoms with Crippen molar-refractivity contribution in [3.63, 3.8) is 0 Å². The molecule has 3 rings (SSSR count). The molecule has 0 amide bonds. The lowest BCUT2D eigenvalue weighted by atomic mass is 10.0. The summed E-state index contributed by atoms with van der Waals surface area (Å²) in [4.78, 5) is 0. The second-order valence-electron chi connectivity index (χ2n) is 3.63. The van der Waals surface area contributed by atoms with Crippen molar-refractivity contribution in [1.29, 1.82) is 0 Å². The average Bonchev–Trinajstić information content (AvgIpc) is 2.70.